The van der Waals surface area contributed by atoms with E-state index in [1.54, 1.807) is 24.3 Å². The molecule has 3 rings (SSSR count). The van der Waals surface area contributed by atoms with Crippen LogP contribution in [-0.4, -0.2) is 15.0 Å². The Morgan fingerprint density at radius 3 is 2.31 bits per heavy atom. The highest BCUT2D eigenvalue weighted by Gasteiger charge is 2.27. The van der Waals surface area contributed by atoms with Gasteiger partial charge in [-0.1, -0.05) is 60.7 Å². The van der Waals surface area contributed by atoms with E-state index in [4.69, 9.17) is 0 Å². The Labute approximate surface area is 171 Å². The first-order chi connectivity index (χ1) is 13.8. The summed E-state index contributed by atoms with van der Waals surface area (Å²) in [7, 11) is -3.89. The van der Waals surface area contributed by atoms with E-state index in [9.17, 15) is 12.8 Å². The van der Waals surface area contributed by atoms with Crippen LogP contribution in [0.2, 0.25) is 0 Å². The molecule has 0 saturated carbocycles. The van der Waals surface area contributed by atoms with Crippen LogP contribution < -0.4 is 4.31 Å². The lowest BCUT2D eigenvalue weighted by Crippen LogP contribution is -2.32. The van der Waals surface area contributed by atoms with Crippen LogP contribution in [0.15, 0.2) is 96.9 Å². The fourth-order valence-corrected chi connectivity index (χ4v) is 4.50. The summed E-state index contributed by atoms with van der Waals surface area (Å²) in [6.45, 7) is 9.71. The molecule has 0 radical (unpaired) electrons. The van der Waals surface area contributed by atoms with Crippen molar-refractivity contribution in [3.63, 3.8) is 0 Å². The SMILES string of the molecule is C=CCN(c1ccc(F)cc1C(=C)c1ccccc1)S(=O)(=O)c1ccc(C)cc1. The largest absolute Gasteiger partial charge is 0.264 e. The van der Waals surface area contributed by atoms with Gasteiger partial charge in [-0.05, 0) is 48.4 Å². The number of aryl methyl sites for hydroxylation is 1. The zero-order chi connectivity index (χ0) is 21.0. The number of hydrogen-bond acceptors (Lipinski definition) is 2. The molecule has 0 fully saturated rings. The number of rotatable bonds is 7. The monoisotopic (exact) mass is 407 g/mol. The van der Waals surface area contributed by atoms with Crippen LogP contribution in [-0.2, 0) is 10.0 Å². The van der Waals surface area contributed by atoms with E-state index in [0.717, 1.165) is 11.1 Å². The van der Waals surface area contributed by atoms with E-state index in [-0.39, 0.29) is 11.4 Å². The van der Waals surface area contributed by atoms with Gasteiger partial charge in [-0.3, -0.25) is 4.31 Å². The third kappa shape index (κ3) is 4.30. The molecular weight excluding hydrogens is 385 g/mol. The minimum atomic E-state index is -3.89. The van der Waals surface area contributed by atoms with Crippen LogP contribution in [0.4, 0.5) is 10.1 Å². The minimum Gasteiger partial charge on any atom is -0.262 e. The summed E-state index contributed by atoms with van der Waals surface area (Å²) in [6.07, 6.45) is 1.50. The molecule has 29 heavy (non-hydrogen) atoms. The summed E-state index contributed by atoms with van der Waals surface area (Å²) < 4.78 is 42.1. The summed E-state index contributed by atoms with van der Waals surface area (Å²) in [6, 6.07) is 19.9. The molecule has 3 aromatic rings. The molecule has 0 bridgehead atoms. The third-order valence-electron chi connectivity index (χ3n) is 4.58. The first-order valence-corrected chi connectivity index (χ1v) is 10.5. The van der Waals surface area contributed by atoms with Crippen molar-refractivity contribution in [2.75, 3.05) is 10.8 Å². The molecule has 0 heterocycles. The topological polar surface area (TPSA) is 37.4 Å². The van der Waals surface area contributed by atoms with E-state index in [1.807, 2.05) is 37.3 Å². The van der Waals surface area contributed by atoms with Crippen LogP contribution in [0.25, 0.3) is 5.57 Å². The van der Waals surface area contributed by atoms with Gasteiger partial charge in [0, 0.05) is 5.56 Å². The zero-order valence-electron chi connectivity index (χ0n) is 16.2. The van der Waals surface area contributed by atoms with E-state index in [2.05, 4.69) is 13.2 Å². The highest BCUT2D eigenvalue weighted by atomic mass is 32.2. The minimum absolute atomic E-state index is 0.0386. The number of halogens is 1. The molecule has 0 unspecified atom stereocenters. The predicted molar refractivity (Wildman–Crippen MR) is 117 cm³/mol. The summed E-state index contributed by atoms with van der Waals surface area (Å²) in [5.41, 5.74) is 3.03. The van der Waals surface area contributed by atoms with Crippen LogP contribution in [0, 0.1) is 12.7 Å². The molecule has 0 aromatic heterocycles. The average Bonchev–Trinajstić information content (AvgIpc) is 2.72. The Bertz CT molecular complexity index is 1140. The first-order valence-electron chi connectivity index (χ1n) is 9.09. The summed E-state index contributed by atoms with van der Waals surface area (Å²) in [5, 5.41) is 0. The van der Waals surface area contributed by atoms with Crippen LogP contribution in [0.3, 0.4) is 0 Å². The normalized spacial score (nSPS) is 11.1. The number of nitrogens with zero attached hydrogens (tertiary/aromatic N) is 1. The molecule has 0 spiro atoms. The van der Waals surface area contributed by atoms with Crippen molar-refractivity contribution < 1.29 is 12.8 Å². The first kappa shape index (κ1) is 20.6. The Morgan fingerprint density at radius 2 is 1.69 bits per heavy atom. The molecule has 0 aliphatic carbocycles. The summed E-state index contributed by atoms with van der Waals surface area (Å²) in [5.74, 6) is -0.466. The quantitative estimate of drug-likeness (QED) is 0.480. The highest BCUT2D eigenvalue weighted by molar-refractivity contribution is 7.92. The number of hydrogen-bond donors (Lipinski definition) is 0. The Hall–Kier alpha value is -3.18. The van der Waals surface area contributed by atoms with Gasteiger partial charge in [0.25, 0.3) is 10.0 Å². The van der Waals surface area contributed by atoms with Gasteiger partial charge in [0.15, 0.2) is 0 Å². The molecule has 0 atom stereocenters. The van der Waals surface area contributed by atoms with Gasteiger partial charge in [0.1, 0.15) is 5.82 Å². The van der Waals surface area contributed by atoms with Crippen molar-refractivity contribution in [2.24, 2.45) is 0 Å². The maximum Gasteiger partial charge on any atom is 0.264 e. The number of benzene rings is 3. The molecule has 0 saturated heterocycles. The van der Waals surface area contributed by atoms with Crippen molar-refractivity contribution in [2.45, 2.75) is 11.8 Å². The fraction of sp³-hybridized carbons (Fsp3) is 0.0833. The molecule has 3 nitrogen and oxygen atoms in total. The van der Waals surface area contributed by atoms with E-state index < -0.39 is 15.8 Å². The van der Waals surface area contributed by atoms with Gasteiger partial charge >= 0.3 is 0 Å². The fourth-order valence-electron chi connectivity index (χ4n) is 3.04. The van der Waals surface area contributed by atoms with Crippen LogP contribution >= 0.6 is 0 Å². The Morgan fingerprint density at radius 1 is 1.03 bits per heavy atom. The summed E-state index contributed by atoms with van der Waals surface area (Å²) in [4.78, 5) is 0.158. The average molecular weight is 408 g/mol. The zero-order valence-corrected chi connectivity index (χ0v) is 17.0. The van der Waals surface area contributed by atoms with Crippen molar-refractivity contribution in [3.05, 3.63) is 115 Å². The molecule has 0 aliphatic heterocycles. The number of anilines is 1. The molecule has 5 heteroatoms. The van der Waals surface area contributed by atoms with Gasteiger partial charge in [-0.2, -0.15) is 0 Å². The lowest BCUT2D eigenvalue weighted by Gasteiger charge is -2.26. The van der Waals surface area contributed by atoms with Crippen molar-refractivity contribution in [1.82, 2.24) is 0 Å². The Balaban J connectivity index is 2.17. The van der Waals surface area contributed by atoms with Crippen LogP contribution in [0.5, 0.6) is 0 Å². The van der Waals surface area contributed by atoms with Gasteiger partial charge < -0.3 is 0 Å². The van der Waals surface area contributed by atoms with Gasteiger partial charge in [0.2, 0.25) is 0 Å². The van der Waals surface area contributed by atoms with Gasteiger partial charge in [-0.25, -0.2) is 12.8 Å². The van der Waals surface area contributed by atoms with Gasteiger partial charge in [-0.15, -0.1) is 6.58 Å². The van der Waals surface area contributed by atoms with Crippen molar-refractivity contribution in [1.29, 1.82) is 0 Å². The Kier molecular flexibility index (Phi) is 5.99. The number of sulfonamides is 1. The standard InChI is InChI=1S/C24H22FNO2S/c1-4-16-26(29(27,28)22-13-10-18(2)11-14-22)24-15-12-21(25)17-23(24)19(3)20-8-6-5-7-9-20/h4-15,17H,1,3,16H2,2H3. The predicted octanol–water partition coefficient (Wildman–Crippen LogP) is 5.58. The van der Waals surface area contributed by atoms with Crippen molar-refractivity contribution in [3.8, 4) is 0 Å². The maximum absolute atomic E-state index is 14.1. The van der Waals surface area contributed by atoms with Crippen LogP contribution in [0.1, 0.15) is 16.7 Å². The molecule has 3 aromatic carbocycles. The van der Waals surface area contributed by atoms with E-state index >= 15 is 0 Å². The van der Waals surface area contributed by atoms with Gasteiger partial charge in [0.05, 0.1) is 17.1 Å². The second kappa shape index (κ2) is 8.45. The maximum atomic E-state index is 14.1. The second-order valence-electron chi connectivity index (χ2n) is 6.64. The third-order valence-corrected chi connectivity index (χ3v) is 6.37. The second-order valence-corrected chi connectivity index (χ2v) is 8.51. The van der Waals surface area contributed by atoms with Crippen molar-refractivity contribution >= 4 is 21.3 Å². The summed E-state index contributed by atoms with van der Waals surface area (Å²) >= 11 is 0. The molecule has 0 amide bonds. The van der Waals surface area contributed by atoms with E-state index in [1.165, 1.54) is 28.6 Å². The van der Waals surface area contributed by atoms with E-state index in [0.29, 0.717) is 16.8 Å². The lowest BCUT2D eigenvalue weighted by molar-refractivity contribution is 0.592. The molecule has 0 aliphatic rings. The molecular formula is C24H22FNO2S. The smallest absolute Gasteiger partial charge is 0.262 e. The lowest BCUT2D eigenvalue weighted by atomic mass is 9.98. The molecule has 148 valence electrons. The highest BCUT2D eigenvalue weighted by Crippen LogP contribution is 2.34. The molecule has 0 N–H and O–H groups in total.